The molecule has 0 atom stereocenters. The number of rotatable bonds is 8. The van der Waals surface area contributed by atoms with Crippen LogP contribution in [0.2, 0.25) is 0 Å². The van der Waals surface area contributed by atoms with Crippen molar-refractivity contribution in [3.05, 3.63) is 83.8 Å². The average molecular weight is 552 g/mol. The van der Waals surface area contributed by atoms with Crippen molar-refractivity contribution in [3.8, 4) is 11.3 Å². The number of amides is 2. The highest BCUT2D eigenvalue weighted by Gasteiger charge is 2.45. The molecule has 0 saturated heterocycles. The van der Waals surface area contributed by atoms with E-state index in [9.17, 15) is 14.4 Å². The van der Waals surface area contributed by atoms with Gasteiger partial charge < -0.3 is 24.7 Å². The maximum absolute atomic E-state index is 13.5. The van der Waals surface area contributed by atoms with Gasteiger partial charge in [0, 0.05) is 40.8 Å². The third-order valence-electron chi connectivity index (χ3n) is 8.64. The van der Waals surface area contributed by atoms with E-state index >= 15 is 0 Å². The summed E-state index contributed by atoms with van der Waals surface area (Å²) in [7, 11) is 2.04. The van der Waals surface area contributed by atoms with Crippen LogP contribution in [0.4, 0.5) is 5.69 Å². The lowest BCUT2D eigenvalue weighted by molar-refractivity contribution is -0.131. The Hall–Kier alpha value is -4.59. The number of carbonyl (C=O) groups excluding carboxylic acids is 2. The fourth-order valence-corrected chi connectivity index (χ4v) is 6.31. The molecule has 3 N–H and O–H groups in total. The van der Waals surface area contributed by atoms with E-state index in [1.54, 1.807) is 36.8 Å². The Morgan fingerprint density at radius 1 is 1.02 bits per heavy atom. The molecule has 2 fully saturated rings. The van der Waals surface area contributed by atoms with Gasteiger partial charge in [-0.15, -0.1) is 0 Å². The van der Waals surface area contributed by atoms with Gasteiger partial charge in [-0.2, -0.15) is 0 Å². The Bertz CT molecular complexity index is 1640. The highest BCUT2D eigenvalue weighted by atomic mass is 16.4. The molecule has 0 radical (unpaired) electrons. The number of anilines is 1. The summed E-state index contributed by atoms with van der Waals surface area (Å²) in [5.74, 6) is -1.07. The highest BCUT2D eigenvalue weighted by molar-refractivity contribution is 6.06. The number of fused-ring (bicyclic) bond motifs is 1. The monoisotopic (exact) mass is 551 g/mol. The van der Waals surface area contributed by atoms with E-state index in [2.05, 4.69) is 21.3 Å². The first-order valence-corrected chi connectivity index (χ1v) is 14.1. The van der Waals surface area contributed by atoms with Gasteiger partial charge in [-0.3, -0.25) is 9.59 Å². The molecule has 41 heavy (non-hydrogen) atoms. The number of aryl methyl sites for hydroxylation is 1. The molecule has 4 aromatic rings. The first-order valence-electron chi connectivity index (χ1n) is 14.1. The topological polar surface area (TPSA) is 114 Å². The SMILES string of the molecule is Cn1c(-c2ccoc2)c(C2CCCC2)c2ccc(C(=O)NC3(C(=O)Nc4ccc(/C=C/C(=O)O)cc4)CCC3)cc21. The van der Waals surface area contributed by atoms with Gasteiger partial charge in [0.15, 0.2) is 0 Å². The average Bonchev–Trinajstić information content (AvgIpc) is 3.71. The summed E-state index contributed by atoms with van der Waals surface area (Å²) in [5, 5.41) is 15.9. The van der Waals surface area contributed by atoms with Gasteiger partial charge in [0.05, 0.1) is 18.2 Å². The van der Waals surface area contributed by atoms with E-state index in [4.69, 9.17) is 9.52 Å². The second-order valence-electron chi connectivity index (χ2n) is 11.2. The van der Waals surface area contributed by atoms with Crippen molar-refractivity contribution < 1.29 is 23.9 Å². The second-order valence-corrected chi connectivity index (χ2v) is 11.2. The molecule has 2 saturated carbocycles. The fourth-order valence-electron chi connectivity index (χ4n) is 6.31. The maximum atomic E-state index is 13.5. The van der Waals surface area contributed by atoms with Crippen molar-refractivity contribution in [1.82, 2.24) is 9.88 Å². The largest absolute Gasteiger partial charge is 0.478 e. The van der Waals surface area contributed by atoms with Crippen LogP contribution in [0.3, 0.4) is 0 Å². The molecule has 0 spiro atoms. The van der Waals surface area contributed by atoms with Crippen molar-refractivity contribution in [2.24, 2.45) is 7.05 Å². The number of aliphatic carboxylic acids is 1. The number of nitrogens with one attached hydrogen (secondary N) is 2. The van der Waals surface area contributed by atoms with Crippen molar-refractivity contribution in [2.75, 3.05) is 5.32 Å². The molecule has 0 unspecified atom stereocenters. The molecule has 0 aliphatic heterocycles. The number of furan rings is 1. The first-order chi connectivity index (χ1) is 19.8. The van der Waals surface area contributed by atoms with Crippen molar-refractivity contribution in [1.29, 1.82) is 0 Å². The first kappa shape index (κ1) is 26.6. The van der Waals surface area contributed by atoms with Gasteiger partial charge in [0.1, 0.15) is 5.54 Å². The lowest BCUT2D eigenvalue weighted by atomic mass is 9.75. The molecule has 8 nitrogen and oxygen atoms in total. The lowest BCUT2D eigenvalue weighted by Gasteiger charge is -2.40. The minimum absolute atomic E-state index is 0.253. The Balaban J connectivity index is 1.24. The van der Waals surface area contributed by atoms with E-state index in [-0.39, 0.29) is 11.8 Å². The zero-order chi connectivity index (χ0) is 28.6. The van der Waals surface area contributed by atoms with Crippen molar-refractivity contribution in [3.63, 3.8) is 0 Å². The van der Waals surface area contributed by atoms with E-state index < -0.39 is 11.5 Å². The molecule has 2 aliphatic carbocycles. The summed E-state index contributed by atoms with van der Waals surface area (Å²) in [5.41, 5.74) is 5.32. The predicted octanol–water partition coefficient (Wildman–Crippen LogP) is 6.48. The molecule has 2 amide bonds. The van der Waals surface area contributed by atoms with E-state index in [0.29, 0.717) is 35.6 Å². The van der Waals surface area contributed by atoms with Crippen LogP contribution in [-0.4, -0.2) is 33.0 Å². The number of nitrogens with zero attached hydrogens (tertiary/aromatic N) is 1. The van der Waals surface area contributed by atoms with Crippen LogP contribution in [0.15, 0.2) is 71.6 Å². The van der Waals surface area contributed by atoms with Crippen molar-refractivity contribution in [2.45, 2.75) is 56.4 Å². The summed E-state index contributed by atoms with van der Waals surface area (Å²) in [4.78, 5) is 37.6. The van der Waals surface area contributed by atoms with Gasteiger partial charge in [-0.05, 0) is 85.6 Å². The highest BCUT2D eigenvalue weighted by Crippen LogP contribution is 2.45. The molecular formula is C33H33N3O5. The second kappa shape index (κ2) is 10.8. The Morgan fingerprint density at radius 2 is 1.78 bits per heavy atom. The molecule has 2 aliphatic rings. The molecular weight excluding hydrogens is 518 g/mol. The van der Waals surface area contributed by atoms with Crippen LogP contribution in [0.5, 0.6) is 0 Å². The summed E-state index contributed by atoms with van der Waals surface area (Å²) in [6, 6.07) is 14.7. The minimum atomic E-state index is -1.02. The van der Waals surface area contributed by atoms with E-state index in [0.717, 1.165) is 47.5 Å². The lowest BCUT2D eigenvalue weighted by Crippen LogP contribution is -2.61. The molecule has 0 bridgehead atoms. The van der Waals surface area contributed by atoms with Crippen LogP contribution in [-0.2, 0) is 16.6 Å². The third-order valence-corrected chi connectivity index (χ3v) is 8.64. The summed E-state index contributed by atoms with van der Waals surface area (Å²) >= 11 is 0. The van der Waals surface area contributed by atoms with Gasteiger partial charge in [0.2, 0.25) is 5.91 Å². The summed E-state index contributed by atoms with van der Waals surface area (Å²) in [6.07, 6.45) is 12.8. The molecule has 2 aromatic heterocycles. The predicted molar refractivity (Wildman–Crippen MR) is 158 cm³/mol. The number of aromatic nitrogens is 1. The zero-order valence-corrected chi connectivity index (χ0v) is 23.0. The Kier molecular flexibility index (Phi) is 6.99. The smallest absolute Gasteiger partial charge is 0.328 e. The Labute approximate surface area is 238 Å². The molecule has 2 aromatic carbocycles. The maximum Gasteiger partial charge on any atom is 0.328 e. The van der Waals surface area contributed by atoms with E-state index in [1.807, 2.05) is 25.2 Å². The van der Waals surface area contributed by atoms with Gasteiger partial charge in [-0.1, -0.05) is 31.0 Å². The van der Waals surface area contributed by atoms with Crippen LogP contribution >= 0.6 is 0 Å². The van der Waals surface area contributed by atoms with E-state index in [1.165, 1.54) is 24.5 Å². The zero-order valence-electron chi connectivity index (χ0n) is 23.0. The fraction of sp³-hybridized carbons (Fsp3) is 0.303. The number of hydrogen-bond donors (Lipinski definition) is 3. The summed E-state index contributed by atoms with van der Waals surface area (Å²) in [6.45, 7) is 0. The Morgan fingerprint density at radius 3 is 2.41 bits per heavy atom. The molecule has 210 valence electrons. The van der Waals surface area contributed by atoms with Crippen molar-refractivity contribution >= 4 is 40.4 Å². The van der Waals surface area contributed by atoms with Crippen LogP contribution in [0.1, 0.15) is 72.3 Å². The third kappa shape index (κ3) is 5.06. The number of benzene rings is 2. The number of carboxylic acids is 1. The van der Waals surface area contributed by atoms with Gasteiger partial charge in [-0.25, -0.2) is 4.79 Å². The summed E-state index contributed by atoms with van der Waals surface area (Å²) < 4.78 is 7.58. The van der Waals surface area contributed by atoms with Gasteiger partial charge >= 0.3 is 5.97 Å². The number of carboxylic acid groups (broad SMARTS) is 1. The molecule has 8 heteroatoms. The number of carbonyl (C=O) groups is 3. The number of hydrogen-bond acceptors (Lipinski definition) is 4. The van der Waals surface area contributed by atoms with Crippen LogP contribution in [0.25, 0.3) is 28.2 Å². The molecule has 6 rings (SSSR count). The van der Waals surface area contributed by atoms with Crippen LogP contribution in [0, 0.1) is 0 Å². The standard InChI is InChI=1S/C33H33N3O5/c1-36-27-19-23(10-13-26(27)29(22-5-2-3-6-22)30(36)24-15-18-41-20-24)31(39)35-33(16-4-17-33)32(40)34-25-11-7-21(8-12-25)9-14-28(37)38/h7-15,18-20,22H,2-6,16-17H2,1H3,(H,34,40)(H,35,39)(H,37,38)/b14-9+. The minimum Gasteiger partial charge on any atom is -0.478 e. The quantitative estimate of drug-likeness (QED) is 0.217. The normalized spacial score (nSPS) is 16.6. The van der Waals surface area contributed by atoms with Gasteiger partial charge in [0.25, 0.3) is 5.91 Å². The van der Waals surface area contributed by atoms with Crippen LogP contribution < -0.4 is 10.6 Å². The molecule has 2 heterocycles.